The molecule has 1 fully saturated rings. The fourth-order valence-corrected chi connectivity index (χ4v) is 2.86. The average molecular weight is 323 g/mol. The highest BCUT2D eigenvalue weighted by atomic mass is 16.6. The summed E-state index contributed by atoms with van der Waals surface area (Å²) in [7, 11) is 0. The van der Waals surface area contributed by atoms with Gasteiger partial charge in [0.15, 0.2) is 0 Å². The molecule has 7 nitrogen and oxygen atoms in total. The zero-order valence-electron chi connectivity index (χ0n) is 13.6. The zero-order valence-corrected chi connectivity index (χ0v) is 13.6. The molecule has 1 amide bonds. The molecule has 1 aromatic rings. The Hall–Kier alpha value is -1.89. The van der Waals surface area contributed by atoms with Gasteiger partial charge in [0, 0.05) is 19.3 Å². The molecule has 2 rings (SSSR count). The lowest BCUT2D eigenvalue weighted by Gasteiger charge is -2.22. The van der Waals surface area contributed by atoms with Crippen molar-refractivity contribution >= 4 is 11.9 Å². The summed E-state index contributed by atoms with van der Waals surface area (Å²) in [5.41, 5.74) is 0. The lowest BCUT2D eigenvalue weighted by Crippen LogP contribution is -2.45. The van der Waals surface area contributed by atoms with Crippen LogP contribution in [0.1, 0.15) is 32.6 Å². The molecule has 0 aliphatic heterocycles. The normalized spacial score (nSPS) is 16.2. The summed E-state index contributed by atoms with van der Waals surface area (Å²) < 4.78 is 12.4. The van der Waals surface area contributed by atoms with E-state index in [1.165, 1.54) is 6.92 Å². The van der Waals surface area contributed by atoms with Gasteiger partial charge < -0.3 is 14.8 Å². The van der Waals surface area contributed by atoms with Crippen LogP contribution in [0.25, 0.3) is 0 Å². The van der Waals surface area contributed by atoms with Gasteiger partial charge in [-0.1, -0.05) is 12.8 Å². The van der Waals surface area contributed by atoms with E-state index in [2.05, 4.69) is 10.4 Å². The molecule has 128 valence electrons. The van der Waals surface area contributed by atoms with E-state index in [0.717, 1.165) is 25.7 Å². The number of aromatic nitrogens is 2. The van der Waals surface area contributed by atoms with Gasteiger partial charge >= 0.3 is 5.97 Å². The topological polar surface area (TPSA) is 82.5 Å². The van der Waals surface area contributed by atoms with Crippen LogP contribution in [0, 0.1) is 5.92 Å². The van der Waals surface area contributed by atoms with E-state index in [1.54, 1.807) is 10.9 Å². The predicted octanol–water partition coefficient (Wildman–Crippen LogP) is 1.14. The third kappa shape index (κ3) is 6.02. The highest BCUT2D eigenvalue weighted by Gasteiger charge is 2.32. The largest absolute Gasteiger partial charge is 0.462 e. The van der Waals surface area contributed by atoms with E-state index in [4.69, 9.17) is 9.47 Å². The van der Waals surface area contributed by atoms with Crippen LogP contribution in [0.2, 0.25) is 0 Å². The third-order valence-electron chi connectivity index (χ3n) is 3.98. The second-order valence-corrected chi connectivity index (χ2v) is 5.77. The highest BCUT2D eigenvalue weighted by molar-refractivity contribution is 5.83. The van der Waals surface area contributed by atoms with Crippen molar-refractivity contribution in [2.75, 3.05) is 19.8 Å². The van der Waals surface area contributed by atoms with Crippen LogP contribution in [-0.2, 0) is 25.6 Å². The predicted molar refractivity (Wildman–Crippen MR) is 83.6 cm³/mol. The van der Waals surface area contributed by atoms with E-state index in [9.17, 15) is 9.59 Å². The van der Waals surface area contributed by atoms with E-state index in [1.807, 2.05) is 12.3 Å². The maximum absolute atomic E-state index is 12.2. The van der Waals surface area contributed by atoms with E-state index in [0.29, 0.717) is 19.8 Å². The van der Waals surface area contributed by atoms with Crippen molar-refractivity contribution in [2.45, 2.75) is 45.2 Å². The molecular formula is C16H25N3O4. The van der Waals surface area contributed by atoms with Gasteiger partial charge in [-0.2, -0.15) is 5.10 Å². The number of carbonyl (C=O) groups is 2. The Morgan fingerprint density at radius 3 is 2.74 bits per heavy atom. The van der Waals surface area contributed by atoms with Gasteiger partial charge in [-0.25, -0.2) is 4.79 Å². The van der Waals surface area contributed by atoms with Crippen molar-refractivity contribution in [3.05, 3.63) is 18.5 Å². The second-order valence-electron chi connectivity index (χ2n) is 5.77. The SMILES string of the molecule is CC(=O)NC(C(=O)OCCOCCn1cccn1)C1CCCC1. The quantitative estimate of drug-likeness (QED) is 0.544. The number of nitrogens with zero attached hydrogens (tertiary/aromatic N) is 2. The van der Waals surface area contributed by atoms with Crippen molar-refractivity contribution < 1.29 is 19.1 Å². The summed E-state index contributed by atoms with van der Waals surface area (Å²) in [4.78, 5) is 23.5. The molecule has 1 heterocycles. The first-order chi connectivity index (χ1) is 11.2. The van der Waals surface area contributed by atoms with Crippen molar-refractivity contribution in [1.29, 1.82) is 0 Å². The molecule has 0 bridgehead atoms. The van der Waals surface area contributed by atoms with Gasteiger partial charge in [-0.15, -0.1) is 0 Å². The molecule has 1 aliphatic rings. The summed E-state index contributed by atoms with van der Waals surface area (Å²) in [6.45, 7) is 3.13. The first kappa shape index (κ1) is 17.5. The van der Waals surface area contributed by atoms with Crippen LogP contribution < -0.4 is 5.32 Å². The standard InChI is InChI=1S/C16H25N3O4/c1-13(20)18-15(14-5-2-3-6-14)16(21)23-12-11-22-10-9-19-8-4-7-17-19/h4,7-8,14-15H,2-3,5-6,9-12H2,1H3,(H,18,20). The fourth-order valence-electron chi connectivity index (χ4n) is 2.86. The molecule has 1 aliphatic carbocycles. The van der Waals surface area contributed by atoms with Crippen LogP contribution in [-0.4, -0.2) is 47.5 Å². The van der Waals surface area contributed by atoms with Crippen LogP contribution in [0.4, 0.5) is 0 Å². The molecule has 1 atom stereocenters. The highest BCUT2D eigenvalue weighted by Crippen LogP contribution is 2.28. The number of carbonyl (C=O) groups excluding carboxylic acids is 2. The van der Waals surface area contributed by atoms with Crippen LogP contribution in [0.15, 0.2) is 18.5 Å². The fraction of sp³-hybridized carbons (Fsp3) is 0.688. The van der Waals surface area contributed by atoms with Gasteiger partial charge in [0.2, 0.25) is 5.91 Å². The maximum Gasteiger partial charge on any atom is 0.329 e. The second kappa shape index (κ2) is 9.29. The molecule has 7 heteroatoms. The number of amides is 1. The Morgan fingerprint density at radius 1 is 1.30 bits per heavy atom. The molecule has 1 unspecified atom stereocenters. The molecule has 0 aromatic carbocycles. The number of hydrogen-bond donors (Lipinski definition) is 1. The van der Waals surface area contributed by atoms with E-state index >= 15 is 0 Å². The molecule has 0 radical (unpaired) electrons. The van der Waals surface area contributed by atoms with Gasteiger partial charge in [-0.05, 0) is 24.8 Å². The number of esters is 1. The van der Waals surface area contributed by atoms with E-state index < -0.39 is 6.04 Å². The minimum atomic E-state index is -0.529. The maximum atomic E-state index is 12.2. The molecule has 1 aromatic heterocycles. The summed E-state index contributed by atoms with van der Waals surface area (Å²) >= 11 is 0. The minimum Gasteiger partial charge on any atom is -0.462 e. The van der Waals surface area contributed by atoms with Gasteiger partial charge in [0.25, 0.3) is 0 Å². The smallest absolute Gasteiger partial charge is 0.329 e. The van der Waals surface area contributed by atoms with Gasteiger partial charge in [0.1, 0.15) is 12.6 Å². The lowest BCUT2D eigenvalue weighted by molar-refractivity contribution is -0.150. The molecule has 1 N–H and O–H groups in total. The Morgan fingerprint density at radius 2 is 2.09 bits per heavy atom. The van der Waals surface area contributed by atoms with Gasteiger partial charge in [-0.3, -0.25) is 9.48 Å². The molecular weight excluding hydrogens is 298 g/mol. The van der Waals surface area contributed by atoms with E-state index in [-0.39, 0.29) is 24.4 Å². The van der Waals surface area contributed by atoms with Crippen LogP contribution in [0.5, 0.6) is 0 Å². The Balaban J connectivity index is 1.63. The number of rotatable bonds is 9. The first-order valence-electron chi connectivity index (χ1n) is 8.15. The van der Waals surface area contributed by atoms with Crippen molar-refractivity contribution in [2.24, 2.45) is 5.92 Å². The van der Waals surface area contributed by atoms with Crippen molar-refractivity contribution in [3.63, 3.8) is 0 Å². The summed E-state index contributed by atoms with van der Waals surface area (Å²) in [5.74, 6) is -0.371. The third-order valence-corrected chi connectivity index (χ3v) is 3.98. The van der Waals surface area contributed by atoms with Gasteiger partial charge in [0.05, 0.1) is 19.8 Å². The Labute approximate surface area is 136 Å². The number of hydrogen-bond acceptors (Lipinski definition) is 5. The summed E-state index contributed by atoms with van der Waals surface area (Å²) in [5, 5.41) is 6.79. The van der Waals surface area contributed by atoms with Crippen LogP contribution >= 0.6 is 0 Å². The zero-order chi connectivity index (χ0) is 16.5. The summed E-state index contributed by atoms with van der Waals surface area (Å²) in [6, 6.07) is 1.33. The summed E-state index contributed by atoms with van der Waals surface area (Å²) in [6.07, 6.45) is 7.70. The van der Waals surface area contributed by atoms with Crippen molar-refractivity contribution in [3.8, 4) is 0 Å². The number of nitrogens with one attached hydrogen (secondary N) is 1. The number of ether oxygens (including phenoxy) is 2. The Kier molecular flexibility index (Phi) is 7.06. The molecule has 0 saturated heterocycles. The molecule has 23 heavy (non-hydrogen) atoms. The average Bonchev–Trinajstić information content (AvgIpc) is 3.20. The van der Waals surface area contributed by atoms with Crippen LogP contribution in [0.3, 0.4) is 0 Å². The molecule has 0 spiro atoms. The lowest BCUT2D eigenvalue weighted by atomic mass is 9.98. The minimum absolute atomic E-state index is 0.187. The molecule has 1 saturated carbocycles. The Bertz CT molecular complexity index is 484. The monoisotopic (exact) mass is 323 g/mol. The van der Waals surface area contributed by atoms with Crippen molar-refractivity contribution in [1.82, 2.24) is 15.1 Å². The first-order valence-corrected chi connectivity index (χ1v) is 8.15.